The minimum absolute atomic E-state index is 0.127. The van der Waals surface area contributed by atoms with Crippen molar-refractivity contribution in [3.63, 3.8) is 0 Å². The second-order valence-corrected chi connectivity index (χ2v) is 6.31. The molecule has 3 rings (SSSR count). The highest BCUT2D eigenvalue weighted by atomic mass is 16.5. The molecule has 0 bridgehead atoms. The third-order valence-electron chi connectivity index (χ3n) is 4.60. The summed E-state index contributed by atoms with van der Waals surface area (Å²) in [6.45, 7) is 1.84. The van der Waals surface area contributed by atoms with Crippen LogP contribution in [0.5, 0.6) is 11.5 Å². The minimum Gasteiger partial charge on any atom is -0.493 e. The molecule has 1 saturated heterocycles. The van der Waals surface area contributed by atoms with Crippen LogP contribution in [0.1, 0.15) is 27.3 Å². The lowest BCUT2D eigenvalue weighted by molar-refractivity contribution is 0.0715. The SMILES string of the molecule is COc1ccc(C(=O)N2CCCN(C(=O)c3ccc(=O)[nH]n3)CC2)cc1OC. The van der Waals surface area contributed by atoms with Crippen molar-refractivity contribution in [1.82, 2.24) is 20.0 Å². The van der Waals surface area contributed by atoms with E-state index in [4.69, 9.17) is 9.47 Å². The Labute approximate surface area is 161 Å². The van der Waals surface area contributed by atoms with Crippen LogP contribution < -0.4 is 15.0 Å². The molecule has 2 aromatic rings. The largest absolute Gasteiger partial charge is 0.493 e. The molecule has 2 heterocycles. The smallest absolute Gasteiger partial charge is 0.274 e. The van der Waals surface area contributed by atoms with Gasteiger partial charge >= 0.3 is 0 Å². The van der Waals surface area contributed by atoms with Gasteiger partial charge in [0.25, 0.3) is 17.4 Å². The summed E-state index contributed by atoms with van der Waals surface area (Å²) in [6, 6.07) is 7.71. The van der Waals surface area contributed by atoms with E-state index in [1.54, 1.807) is 28.0 Å². The van der Waals surface area contributed by atoms with Crippen LogP contribution in [0.2, 0.25) is 0 Å². The summed E-state index contributed by atoms with van der Waals surface area (Å²) >= 11 is 0. The van der Waals surface area contributed by atoms with Gasteiger partial charge in [-0.25, -0.2) is 5.10 Å². The maximum atomic E-state index is 12.9. The van der Waals surface area contributed by atoms with E-state index in [1.807, 2.05) is 0 Å². The molecule has 0 radical (unpaired) electrons. The quantitative estimate of drug-likeness (QED) is 0.832. The number of carbonyl (C=O) groups excluding carboxylic acids is 2. The summed E-state index contributed by atoms with van der Waals surface area (Å²) in [6.07, 6.45) is 0.647. The monoisotopic (exact) mass is 386 g/mol. The number of aromatic nitrogens is 2. The summed E-state index contributed by atoms with van der Waals surface area (Å²) in [4.78, 5) is 39.9. The number of benzene rings is 1. The summed E-state index contributed by atoms with van der Waals surface area (Å²) in [7, 11) is 3.06. The van der Waals surface area contributed by atoms with E-state index < -0.39 is 0 Å². The molecule has 1 aliphatic rings. The van der Waals surface area contributed by atoms with Crippen molar-refractivity contribution < 1.29 is 19.1 Å². The lowest BCUT2D eigenvalue weighted by Gasteiger charge is -2.22. The summed E-state index contributed by atoms with van der Waals surface area (Å²) in [5.41, 5.74) is 0.318. The first-order valence-electron chi connectivity index (χ1n) is 8.90. The number of carbonyl (C=O) groups is 2. The summed E-state index contributed by atoms with van der Waals surface area (Å²) in [5, 5.41) is 6.05. The van der Waals surface area contributed by atoms with Crippen molar-refractivity contribution in [1.29, 1.82) is 0 Å². The molecule has 1 aliphatic heterocycles. The molecule has 148 valence electrons. The van der Waals surface area contributed by atoms with Gasteiger partial charge in [-0.3, -0.25) is 14.4 Å². The lowest BCUT2D eigenvalue weighted by atomic mass is 10.1. The molecular weight excluding hydrogens is 364 g/mol. The first kappa shape index (κ1) is 19.4. The van der Waals surface area contributed by atoms with E-state index in [1.165, 1.54) is 26.4 Å². The number of aromatic amines is 1. The molecular formula is C19H22N4O5. The number of nitrogens with zero attached hydrogens (tertiary/aromatic N) is 3. The molecule has 0 spiro atoms. The van der Waals surface area contributed by atoms with Crippen molar-refractivity contribution in [2.45, 2.75) is 6.42 Å². The van der Waals surface area contributed by atoms with Gasteiger partial charge in [-0.15, -0.1) is 0 Å². The Morgan fingerprint density at radius 2 is 1.61 bits per heavy atom. The van der Waals surface area contributed by atoms with Crippen molar-refractivity contribution in [3.05, 3.63) is 51.9 Å². The topological polar surface area (TPSA) is 105 Å². The number of ether oxygens (including phenoxy) is 2. The third kappa shape index (κ3) is 4.13. The number of rotatable bonds is 4. The van der Waals surface area contributed by atoms with E-state index in [9.17, 15) is 14.4 Å². The highest BCUT2D eigenvalue weighted by Crippen LogP contribution is 2.28. The van der Waals surface area contributed by atoms with Crippen LogP contribution in [0.3, 0.4) is 0 Å². The zero-order valence-electron chi connectivity index (χ0n) is 15.8. The second kappa shape index (κ2) is 8.55. The predicted octanol–water partition coefficient (Wildman–Crippen LogP) is 0.775. The fourth-order valence-corrected chi connectivity index (χ4v) is 3.10. The normalized spacial score (nSPS) is 14.4. The third-order valence-corrected chi connectivity index (χ3v) is 4.60. The number of hydrogen-bond donors (Lipinski definition) is 1. The van der Waals surface area contributed by atoms with Crippen molar-refractivity contribution in [2.75, 3.05) is 40.4 Å². The Bertz CT molecular complexity index is 906. The van der Waals surface area contributed by atoms with Crippen LogP contribution in [0.4, 0.5) is 0 Å². The Morgan fingerprint density at radius 3 is 2.21 bits per heavy atom. The molecule has 1 aromatic carbocycles. The van der Waals surface area contributed by atoms with Gasteiger partial charge in [0, 0.05) is 37.8 Å². The van der Waals surface area contributed by atoms with Crippen LogP contribution >= 0.6 is 0 Å². The van der Waals surface area contributed by atoms with Crippen LogP contribution in [-0.2, 0) is 0 Å². The zero-order chi connectivity index (χ0) is 20.1. The molecule has 28 heavy (non-hydrogen) atoms. The van der Waals surface area contributed by atoms with E-state index in [0.717, 1.165) is 0 Å². The Kier molecular flexibility index (Phi) is 5.93. The standard InChI is InChI=1S/C19H22N4O5/c1-27-15-6-4-13(12-16(15)28-2)18(25)22-8-3-9-23(11-10-22)19(26)14-5-7-17(24)21-20-14/h4-7,12H,3,8-11H2,1-2H3,(H,21,24). The maximum Gasteiger partial charge on any atom is 0.274 e. The molecule has 0 unspecified atom stereocenters. The van der Waals surface area contributed by atoms with Gasteiger partial charge in [0.05, 0.1) is 14.2 Å². The molecule has 0 aliphatic carbocycles. The fraction of sp³-hybridized carbons (Fsp3) is 0.368. The number of amides is 2. The van der Waals surface area contributed by atoms with Crippen LogP contribution in [-0.4, -0.2) is 72.2 Å². The molecule has 2 amide bonds. The highest BCUT2D eigenvalue weighted by Gasteiger charge is 2.24. The number of hydrogen-bond acceptors (Lipinski definition) is 6. The first-order valence-corrected chi connectivity index (χ1v) is 8.90. The van der Waals surface area contributed by atoms with E-state index >= 15 is 0 Å². The van der Waals surface area contributed by atoms with Crippen LogP contribution in [0.25, 0.3) is 0 Å². The van der Waals surface area contributed by atoms with Gasteiger partial charge in [-0.1, -0.05) is 0 Å². The van der Waals surface area contributed by atoms with Crippen molar-refractivity contribution in [3.8, 4) is 11.5 Å². The number of H-pyrrole nitrogens is 1. The van der Waals surface area contributed by atoms with Gasteiger partial charge in [-0.05, 0) is 30.7 Å². The lowest BCUT2D eigenvalue weighted by Crippen LogP contribution is -2.37. The second-order valence-electron chi connectivity index (χ2n) is 6.31. The number of methoxy groups -OCH3 is 2. The van der Waals surface area contributed by atoms with Crippen LogP contribution in [0.15, 0.2) is 35.1 Å². The average molecular weight is 386 g/mol. The zero-order valence-corrected chi connectivity index (χ0v) is 15.8. The van der Waals surface area contributed by atoms with E-state index in [-0.39, 0.29) is 23.1 Å². The van der Waals surface area contributed by atoms with E-state index in [0.29, 0.717) is 49.7 Å². The van der Waals surface area contributed by atoms with Gasteiger partial charge in [0.15, 0.2) is 11.5 Å². The van der Waals surface area contributed by atoms with Gasteiger partial charge in [0.1, 0.15) is 5.69 Å². The molecule has 1 aromatic heterocycles. The Morgan fingerprint density at radius 1 is 0.929 bits per heavy atom. The molecule has 1 fully saturated rings. The van der Waals surface area contributed by atoms with Crippen molar-refractivity contribution in [2.24, 2.45) is 0 Å². The Balaban J connectivity index is 1.69. The van der Waals surface area contributed by atoms with Gasteiger partial charge in [0.2, 0.25) is 0 Å². The highest BCUT2D eigenvalue weighted by molar-refractivity contribution is 5.95. The van der Waals surface area contributed by atoms with Crippen LogP contribution in [0, 0.1) is 0 Å². The first-order chi connectivity index (χ1) is 13.5. The molecule has 0 saturated carbocycles. The molecule has 9 heteroatoms. The average Bonchev–Trinajstić information content (AvgIpc) is 2.99. The van der Waals surface area contributed by atoms with E-state index in [2.05, 4.69) is 10.2 Å². The minimum atomic E-state index is -0.362. The van der Waals surface area contributed by atoms with Gasteiger partial charge in [-0.2, -0.15) is 5.10 Å². The summed E-state index contributed by atoms with van der Waals surface area (Å²) in [5.74, 6) is 0.651. The molecule has 9 nitrogen and oxygen atoms in total. The molecule has 0 atom stereocenters. The fourth-order valence-electron chi connectivity index (χ4n) is 3.10. The summed E-state index contributed by atoms with van der Waals surface area (Å²) < 4.78 is 10.5. The van der Waals surface area contributed by atoms with Gasteiger partial charge < -0.3 is 19.3 Å². The maximum absolute atomic E-state index is 12.9. The molecule has 1 N–H and O–H groups in total. The number of nitrogens with one attached hydrogen (secondary N) is 1. The Hall–Kier alpha value is -3.36. The predicted molar refractivity (Wildman–Crippen MR) is 101 cm³/mol. The van der Waals surface area contributed by atoms with Crippen molar-refractivity contribution >= 4 is 11.8 Å².